The molecule has 3 amide bonds. The van der Waals surface area contributed by atoms with E-state index in [1.54, 1.807) is 40.6 Å². The van der Waals surface area contributed by atoms with E-state index in [4.69, 9.17) is 9.47 Å². The molecule has 2 aliphatic rings. The van der Waals surface area contributed by atoms with Gasteiger partial charge in [0.05, 0.1) is 10.8 Å². The Morgan fingerprint density at radius 2 is 1.93 bits per heavy atom. The Labute approximate surface area is 159 Å². The van der Waals surface area contributed by atoms with Crippen LogP contribution >= 0.6 is 11.3 Å². The highest BCUT2D eigenvalue weighted by Crippen LogP contribution is 2.35. The van der Waals surface area contributed by atoms with Gasteiger partial charge < -0.3 is 14.4 Å². The van der Waals surface area contributed by atoms with Gasteiger partial charge in [0, 0.05) is 24.7 Å². The second-order valence-corrected chi connectivity index (χ2v) is 7.10. The van der Waals surface area contributed by atoms with E-state index in [0.717, 1.165) is 0 Å². The molecule has 1 saturated heterocycles. The summed E-state index contributed by atoms with van der Waals surface area (Å²) < 4.78 is 11.0. The van der Waals surface area contributed by atoms with E-state index in [1.165, 1.54) is 11.3 Å². The smallest absolute Gasteiger partial charge is 0.279 e. The summed E-state index contributed by atoms with van der Waals surface area (Å²) in [5.74, 6) is -0.254. The predicted octanol–water partition coefficient (Wildman–Crippen LogP) is 1.33. The summed E-state index contributed by atoms with van der Waals surface area (Å²) >= 11 is 1.28. The number of nitrogens with one attached hydrogen (secondary N) is 2. The Morgan fingerprint density at radius 1 is 1.11 bits per heavy atom. The molecule has 4 rings (SSSR count). The van der Waals surface area contributed by atoms with Crippen LogP contribution in [0.15, 0.2) is 35.7 Å². The molecule has 2 aromatic rings. The zero-order valence-electron chi connectivity index (χ0n) is 14.3. The number of hydrazine groups is 1. The minimum atomic E-state index is -0.547. The fourth-order valence-corrected chi connectivity index (χ4v) is 3.64. The highest BCUT2D eigenvalue weighted by atomic mass is 32.1. The number of benzene rings is 1. The van der Waals surface area contributed by atoms with Crippen LogP contribution in [0.1, 0.15) is 16.1 Å². The average molecular weight is 387 g/mol. The standard InChI is InChI=1S/C18H17N3O5S/c22-16-8-11(17(23)19-20-18(24)15-2-1-7-27-15)10-21(16)12-3-4-13-14(9-12)26-6-5-25-13/h1-4,7,9,11H,5-6,8,10H2,(H,19,23)(H,20,24)/t11-/m1/s1. The predicted molar refractivity (Wildman–Crippen MR) is 97.8 cm³/mol. The minimum Gasteiger partial charge on any atom is -0.486 e. The molecule has 1 aromatic carbocycles. The maximum Gasteiger partial charge on any atom is 0.279 e. The van der Waals surface area contributed by atoms with Crippen molar-refractivity contribution in [1.82, 2.24) is 10.9 Å². The van der Waals surface area contributed by atoms with E-state index in [1.807, 2.05) is 0 Å². The summed E-state index contributed by atoms with van der Waals surface area (Å²) in [4.78, 5) is 38.6. The Bertz CT molecular complexity index is 883. The van der Waals surface area contributed by atoms with Gasteiger partial charge in [0.15, 0.2) is 11.5 Å². The number of carbonyl (C=O) groups is 3. The van der Waals surface area contributed by atoms with Crippen LogP contribution in [0.2, 0.25) is 0 Å². The molecule has 0 unspecified atom stereocenters. The molecule has 27 heavy (non-hydrogen) atoms. The molecule has 0 bridgehead atoms. The largest absolute Gasteiger partial charge is 0.486 e. The maximum absolute atomic E-state index is 12.4. The van der Waals surface area contributed by atoms with Crippen LogP contribution in [0.3, 0.4) is 0 Å². The van der Waals surface area contributed by atoms with Crippen molar-refractivity contribution in [2.45, 2.75) is 6.42 Å². The highest BCUT2D eigenvalue weighted by Gasteiger charge is 2.35. The first-order chi connectivity index (χ1) is 13.1. The summed E-state index contributed by atoms with van der Waals surface area (Å²) in [5.41, 5.74) is 5.43. The molecule has 0 spiro atoms. The number of nitrogens with zero attached hydrogens (tertiary/aromatic N) is 1. The number of rotatable bonds is 3. The molecule has 0 radical (unpaired) electrons. The van der Waals surface area contributed by atoms with E-state index in [9.17, 15) is 14.4 Å². The van der Waals surface area contributed by atoms with E-state index >= 15 is 0 Å². The molecule has 1 aromatic heterocycles. The van der Waals surface area contributed by atoms with Crippen LogP contribution in [0, 0.1) is 5.92 Å². The van der Waals surface area contributed by atoms with Crippen molar-refractivity contribution >= 4 is 34.7 Å². The third kappa shape index (κ3) is 3.59. The minimum absolute atomic E-state index is 0.0785. The van der Waals surface area contributed by atoms with Crippen LogP contribution < -0.4 is 25.2 Å². The van der Waals surface area contributed by atoms with Gasteiger partial charge in [0.25, 0.3) is 5.91 Å². The van der Waals surface area contributed by atoms with Gasteiger partial charge in [-0.3, -0.25) is 25.2 Å². The normalized spacial score (nSPS) is 18.3. The lowest BCUT2D eigenvalue weighted by molar-refractivity contribution is -0.126. The van der Waals surface area contributed by atoms with Crippen molar-refractivity contribution < 1.29 is 23.9 Å². The number of carbonyl (C=O) groups excluding carboxylic acids is 3. The van der Waals surface area contributed by atoms with Crippen molar-refractivity contribution in [1.29, 1.82) is 0 Å². The SMILES string of the molecule is O=C(NNC(=O)[C@@H]1CC(=O)N(c2ccc3c(c2)OCCO3)C1)c1cccs1. The number of amides is 3. The molecule has 0 saturated carbocycles. The van der Waals surface area contributed by atoms with Gasteiger partial charge in [-0.1, -0.05) is 6.07 Å². The van der Waals surface area contributed by atoms with Gasteiger partial charge >= 0.3 is 0 Å². The zero-order valence-corrected chi connectivity index (χ0v) is 15.1. The van der Waals surface area contributed by atoms with Crippen LogP contribution in [-0.2, 0) is 9.59 Å². The number of fused-ring (bicyclic) bond motifs is 1. The third-order valence-electron chi connectivity index (χ3n) is 4.38. The highest BCUT2D eigenvalue weighted by molar-refractivity contribution is 7.12. The molecule has 1 fully saturated rings. The second-order valence-electron chi connectivity index (χ2n) is 6.15. The average Bonchev–Trinajstić information content (AvgIpc) is 3.35. The Kier molecular flexibility index (Phi) is 4.68. The molecule has 9 heteroatoms. The van der Waals surface area contributed by atoms with Gasteiger partial charge in [-0.05, 0) is 23.6 Å². The number of anilines is 1. The van der Waals surface area contributed by atoms with Crippen molar-refractivity contribution in [3.8, 4) is 11.5 Å². The second kappa shape index (κ2) is 7.28. The van der Waals surface area contributed by atoms with Gasteiger partial charge in [-0.25, -0.2) is 0 Å². The lowest BCUT2D eigenvalue weighted by Gasteiger charge is -2.22. The Hall–Kier alpha value is -3.07. The quantitative estimate of drug-likeness (QED) is 0.775. The number of hydrogen-bond donors (Lipinski definition) is 2. The maximum atomic E-state index is 12.4. The molecule has 2 N–H and O–H groups in total. The Morgan fingerprint density at radius 3 is 2.70 bits per heavy atom. The van der Waals surface area contributed by atoms with Gasteiger partial charge in [-0.2, -0.15) is 0 Å². The first-order valence-corrected chi connectivity index (χ1v) is 9.33. The zero-order chi connectivity index (χ0) is 18.8. The molecule has 140 valence electrons. The summed E-state index contributed by atoms with van der Waals surface area (Å²) in [6.45, 7) is 1.19. The van der Waals surface area contributed by atoms with Crippen molar-refractivity contribution in [2.75, 3.05) is 24.7 Å². The summed E-state index contributed by atoms with van der Waals surface area (Å²) in [6, 6.07) is 8.68. The van der Waals surface area contributed by atoms with E-state index in [0.29, 0.717) is 35.3 Å². The first kappa shape index (κ1) is 17.3. The monoisotopic (exact) mass is 387 g/mol. The summed E-state index contributed by atoms with van der Waals surface area (Å²) in [7, 11) is 0. The fourth-order valence-electron chi connectivity index (χ4n) is 3.02. The van der Waals surface area contributed by atoms with Crippen molar-refractivity contribution in [2.24, 2.45) is 5.92 Å². The molecular weight excluding hydrogens is 370 g/mol. The van der Waals surface area contributed by atoms with Crippen molar-refractivity contribution in [3.63, 3.8) is 0 Å². The fraction of sp³-hybridized carbons (Fsp3) is 0.278. The van der Waals surface area contributed by atoms with Crippen molar-refractivity contribution in [3.05, 3.63) is 40.6 Å². The number of ether oxygens (including phenoxy) is 2. The lowest BCUT2D eigenvalue weighted by Crippen LogP contribution is -2.44. The molecule has 2 aliphatic heterocycles. The van der Waals surface area contributed by atoms with E-state index in [-0.39, 0.29) is 24.8 Å². The molecule has 0 aliphatic carbocycles. The molecule has 3 heterocycles. The molecule has 8 nitrogen and oxygen atoms in total. The summed E-state index contributed by atoms with van der Waals surface area (Å²) in [6.07, 6.45) is 0.0785. The van der Waals surface area contributed by atoms with E-state index in [2.05, 4.69) is 10.9 Å². The third-order valence-corrected chi connectivity index (χ3v) is 5.25. The van der Waals surface area contributed by atoms with Crippen LogP contribution in [0.4, 0.5) is 5.69 Å². The van der Waals surface area contributed by atoms with Gasteiger partial charge in [-0.15, -0.1) is 11.3 Å². The summed E-state index contributed by atoms with van der Waals surface area (Å²) in [5, 5.41) is 1.78. The van der Waals surface area contributed by atoms with Crippen LogP contribution in [0.5, 0.6) is 11.5 Å². The molecular formula is C18H17N3O5S. The number of thiophene rings is 1. The Balaban J connectivity index is 1.38. The van der Waals surface area contributed by atoms with E-state index < -0.39 is 11.8 Å². The van der Waals surface area contributed by atoms with Gasteiger partial charge in [0.2, 0.25) is 11.8 Å². The lowest BCUT2D eigenvalue weighted by atomic mass is 10.1. The topological polar surface area (TPSA) is 97.0 Å². The van der Waals surface area contributed by atoms with Crippen LogP contribution in [0.25, 0.3) is 0 Å². The molecule has 1 atom stereocenters. The first-order valence-electron chi connectivity index (χ1n) is 8.45. The van der Waals surface area contributed by atoms with Crippen LogP contribution in [-0.4, -0.2) is 37.5 Å². The number of hydrogen-bond acceptors (Lipinski definition) is 6. The van der Waals surface area contributed by atoms with Gasteiger partial charge in [0.1, 0.15) is 13.2 Å².